The molecule has 3 rings (SSSR count). The van der Waals surface area contributed by atoms with Crippen molar-refractivity contribution in [1.29, 1.82) is 0 Å². The average Bonchev–Trinajstić information content (AvgIpc) is 2.99. The lowest BCUT2D eigenvalue weighted by Gasteiger charge is -2.03. The number of benzene rings is 1. The number of anilines is 1. The van der Waals surface area contributed by atoms with Gasteiger partial charge in [0, 0.05) is 26.4 Å². The first-order valence-corrected chi connectivity index (χ1v) is 8.30. The van der Waals surface area contributed by atoms with E-state index in [-0.39, 0.29) is 5.56 Å². The number of para-hydroxylation sites is 1. The number of amides is 1. The van der Waals surface area contributed by atoms with Crippen molar-refractivity contribution in [2.75, 3.05) is 5.32 Å². The molecule has 0 aliphatic rings. The first kappa shape index (κ1) is 16.8. The van der Waals surface area contributed by atoms with Gasteiger partial charge in [-0.3, -0.25) is 19.5 Å². The Kier molecular flexibility index (Phi) is 4.37. The molecule has 7 nitrogen and oxygen atoms in total. The summed E-state index contributed by atoms with van der Waals surface area (Å²) >= 11 is 1.38. The second kappa shape index (κ2) is 6.48. The van der Waals surface area contributed by atoms with Gasteiger partial charge in [0.25, 0.3) is 5.56 Å². The third-order valence-electron chi connectivity index (χ3n) is 3.74. The summed E-state index contributed by atoms with van der Waals surface area (Å²) in [6.07, 6.45) is 4.03. The van der Waals surface area contributed by atoms with Gasteiger partial charge in [0.2, 0.25) is 5.91 Å². The lowest BCUT2D eigenvalue weighted by atomic mass is 10.2. The Labute approximate surface area is 146 Å². The molecular weight excluding hydrogens is 340 g/mol. The highest BCUT2D eigenvalue weighted by molar-refractivity contribution is 7.22. The molecule has 0 unspecified atom stereocenters. The first-order valence-electron chi connectivity index (χ1n) is 7.48. The fourth-order valence-electron chi connectivity index (χ4n) is 2.40. The molecule has 25 heavy (non-hydrogen) atoms. The Morgan fingerprint density at radius 3 is 2.76 bits per heavy atom. The van der Waals surface area contributed by atoms with Crippen LogP contribution in [0.2, 0.25) is 0 Å². The second-order valence-electron chi connectivity index (χ2n) is 5.61. The minimum Gasteiger partial charge on any atom is -0.303 e. The molecule has 0 spiro atoms. The maximum Gasteiger partial charge on any atom is 0.330 e. The third-order valence-corrected chi connectivity index (χ3v) is 4.67. The topological polar surface area (TPSA) is 86.0 Å². The lowest BCUT2D eigenvalue weighted by molar-refractivity contribution is -0.111. The molecule has 8 heteroatoms. The van der Waals surface area contributed by atoms with Crippen LogP contribution in [0.4, 0.5) is 5.13 Å². The maximum atomic E-state index is 12.1. The molecule has 0 aliphatic heterocycles. The van der Waals surface area contributed by atoms with Crippen molar-refractivity contribution in [3.05, 3.63) is 62.4 Å². The average molecular weight is 356 g/mol. The monoisotopic (exact) mass is 356 g/mol. The van der Waals surface area contributed by atoms with Crippen molar-refractivity contribution in [3.8, 4) is 0 Å². The summed E-state index contributed by atoms with van der Waals surface area (Å²) in [4.78, 5) is 40.2. The van der Waals surface area contributed by atoms with Gasteiger partial charge in [0.1, 0.15) is 0 Å². The molecule has 0 fully saturated rings. The number of hydrogen-bond donors (Lipinski definition) is 1. The van der Waals surface area contributed by atoms with Crippen molar-refractivity contribution >= 4 is 38.7 Å². The predicted molar refractivity (Wildman–Crippen MR) is 98.9 cm³/mol. The van der Waals surface area contributed by atoms with E-state index in [1.807, 2.05) is 25.1 Å². The summed E-state index contributed by atoms with van der Waals surface area (Å²) in [5, 5.41) is 3.19. The van der Waals surface area contributed by atoms with Gasteiger partial charge in [0.05, 0.1) is 15.8 Å². The van der Waals surface area contributed by atoms with Crippen LogP contribution in [-0.2, 0) is 18.9 Å². The zero-order valence-electron chi connectivity index (χ0n) is 13.9. The molecule has 3 aromatic rings. The number of rotatable bonds is 3. The minimum atomic E-state index is -0.456. The van der Waals surface area contributed by atoms with E-state index in [9.17, 15) is 14.4 Å². The van der Waals surface area contributed by atoms with Crippen LogP contribution in [-0.4, -0.2) is 20.0 Å². The van der Waals surface area contributed by atoms with Gasteiger partial charge in [-0.2, -0.15) is 0 Å². The van der Waals surface area contributed by atoms with Crippen LogP contribution in [0.1, 0.15) is 11.1 Å². The van der Waals surface area contributed by atoms with Crippen molar-refractivity contribution in [2.45, 2.75) is 6.92 Å². The summed E-state index contributed by atoms with van der Waals surface area (Å²) < 4.78 is 3.27. The van der Waals surface area contributed by atoms with Crippen LogP contribution in [0.15, 0.2) is 40.1 Å². The molecule has 0 aliphatic carbocycles. The first-order chi connectivity index (χ1) is 11.9. The molecule has 0 bridgehead atoms. The van der Waals surface area contributed by atoms with Gasteiger partial charge in [-0.05, 0) is 24.6 Å². The van der Waals surface area contributed by atoms with Crippen LogP contribution in [0.3, 0.4) is 0 Å². The highest BCUT2D eigenvalue weighted by atomic mass is 32.1. The molecular formula is C17H16N4O3S. The number of aryl methyl sites for hydroxylation is 2. The van der Waals surface area contributed by atoms with Gasteiger partial charge in [0.15, 0.2) is 5.13 Å². The highest BCUT2D eigenvalue weighted by Gasteiger charge is 2.08. The molecule has 1 N–H and O–H groups in total. The van der Waals surface area contributed by atoms with Crippen LogP contribution in [0, 0.1) is 6.92 Å². The molecule has 0 saturated heterocycles. The Morgan fingerprint density at radius 2 is 2.04 bits per heavy atom. The standard InChI is InChI=1S/C17H16N4O3S/c1-10-5-4-6-12-14(10)19-16(25-12)18-13(22)8-7-11-9-20(2)17(24)21(3)15(11)23/h4-9H,1-3H3,(H,18,19,22)/b8-7+. The van der Waals surface area contributed by atoms with Gasteiger partial charge in [-0.1, -0.05) is 23.5 Å². The number of fused-ring (bicyclic) bond motifs is 1. The van der Waals surface area contributed by atoms with E-state index in [4.69, 9.17) is 0 Å². The SMILES string of the molecule is Cc1cccc2sc(NC(=O)/C=C/c3cn(C)c(=O)n(C)c3=O)nc12. The van der Waals surface area contributed by atoms with Gasteiger partial charge >= 0.3 is 5.69 Å². The largest absolute Gasteiger partial charge is 0.330 e. The van der Waals surface area contributed by atoms with E-state index in [1.165, 1.54) is 41.3 Å². The molecule has 0 radical (unpaired) electrons. The van der Waals surface area contributed by atoms with E-state index >= 15 is 0 Å². The van der Waals surface area contributed by atoms with Crippen LogP contribution >= 0.6 is 11.3 Å². The summed E-state index contributed by atoms with van der Waals surface area (Å²) in [5.74, 6) is -0.396. The lowest BCUT2D eigenvalue weighted by Crippen LogP contribution is -2.37. The van der Waals surface area contributed by atoms with Crippen LogP contribution in [0.5, 0.6) is 0 Å². The molecule has 0 saturated carbocycles. The number of nitrogens with one attached hydrogen (secondary N) is 1. The molecule has 2 aromatic heterocycles. The zero-order chi connectivity index (χ0) is 18.1. The van der Waals surface area contributed by atoms with Gasteiger partial charge in [-0.25, -0.2) is 9.78 Å². The highest BCUT2D eigenvalue weighted by Crippen LogP contribution is 2.27. The number of nitrogens with zero attached hydrogens (tertiary/aromatic N) is 3. The van der Waals surface area contributed by atoms with E-state index in [0.717, 1.165) is 20.3 Å². The van der Waals surface area contributed by atoms with Crippen LogP contribution in [0.25, 0.3) is 16.3 Å². The van der Waals surface area contributed by atoms with Crippen LogP contribution < -0.4 is 16.6 Å². The van der Waals surface area contributed by atoms with E-state index in [1.54, 1.807) is 7.05 Å². The summed E-state index contributed by atoms with van der Waals surface area (Å²) in [5.41, 5.74) is 1.27. The third kappa shape index (κ3) is 3.29. The van der Waals surface area contributed by atoms with Crippen molar-refractivity contribution in [1.82, 2.24) is 14.1 Å². The van der Waals surface area contributed by atoms with E-state index in [2.05, 4.69) is 10.3 Å². The number of hydrogen-bond acceptors (Lipinski definition) is 5. The minimum absolute atomic E-state index is 0.250. The fourth-order valence-corrected chi connectivity index (χ4v) is 3.35. The number of carbonyl (C=O) groups excluding carboxylic acids is 1. The Bertz CT molecular complexity index is 1120. The quantitative estimate of drug-likeness (QED) is 0.723. The summed E-state index contributed by atoms with van der Waals surface area (Å²) in [6, 6.07) is 5.85. The van der Waals surface area contributed by atoms with E-state index in [0.29, 0.717) is 5.13 Å². The summed E-state index contributed by atoms with van der Waals surface area (Å²) in [7, 11) is 2.94. The zero-order valence-corrected chi connectivity index (χ0v) is 14.8. The molecule has 128 valence electrons. The Morgan fingerprint density at radius 1 is 1.28 bits per heavy atom. The normalized spacial score (nSPS) is 11.3. The fraction of sp³-hybridized carbons (Fsp3) is 0.176. The Balaban J connectivity index is 1.82. The molecule has 1 amide bonds. The van der Waals surface area contributed by atoms with Crippen molar-refractivity contribution in [3.63, 3.8) is 0 Å². The van der Waals surface area contributed by atoms with Crippen molar-refractivity contribution < 1.29 is 4.79 Å². The number of thiazole rings is 1. The summed E-state index contributed by atoms with van der Waals surface area (Å²) in [6.45, 7) is 1.96. The second-order valence-corrected chi connectivity index (χ2v) is 6.64. The predicted octanol–water partition coefficient (Wildman–Crippen LogP) is 1.65. The number of carbonyl (C=O) groups is 1. The molecule has 2 heterocycles. The van der Waals surface area contributed by atoms with E-state index < -0.39 is 17.2 Å². The maximum absolute atomic E-state index is 12.1. The number of aromatic nitrogens is 3. The van der Waals surface area contributed by atoms with Gasteiger partial charge < -0.3 is 4.57 Å². The van der Waals surface area contributed by atoms with Crippen molar-refractivity contribution in [2.24, 2.45) is 14.1 Å². The smallest absolute Gasteiger partial charge is 0.303 e. The van der Waals surface area contributed by atoms with Gasteiger partial charge in [-0.15, -0.1) is 0 Å². The Hall–Kier alpha value is -3.00. The molecule has 0 atom stereocenters. The molecule has 1 aromatic carbocycles.